The monoisotopic (exact) mass is 307 g/mol. The molecule has 1 aliphatic rings. The quantitative estimate of drug-likeness (QED) is 0.849. The summed E-state index contributed by atoms with van der Waals surface area (Å²) < 4.78 is 26.9. The van der Waals surface area contributed by atoms with Gasteiger partial charge in [-0.05, 0) is 32.4 Å². The van der Waals surface area contributed by atoms with Gasteiger partial charge in [0, 0.05) is 26.2 Å². The minimum absolute atomic E-state index is 0.170. The smallest absolute Gasteiger partial charge is 0.243 e. The van der Waals surface area contributed by atoms with Gasteiger partial charge < -0.3 is 0 Å². The molecule has 5 nitrogen and oxygen atoms in total. The molecule has 6 heteroatoms. The normalized spacial score (nSPS) is 19.1. The number of hydrogen-bond acceptors (Lipinski definition) is 4. The number of rotatable bonds is 3. The Morgan fingerprint density at radius 2 is 1.81 bits per heavy atom. The Morgan fingerprint density at radius 1 is 1.19 bits per heavy atom. The van der Waals surface area contributed by atoms with Crippen LogP contribution in [0.4, 0.5) is 0 Å². The van der Waals surface area contributed by atoms with E-state index in [1.807, 2.05) is 37.8 Å². The summed E-state index contributed by atoms with van der Waals surface area (Å²) in [6.45, 7) is 7.68. The zero-order valence-corrected chi connectivity index (χ0v) is 13.5. The summed E-state index contributed by atoms with van der Waals surface area (Å²) in [5.74, 6) is 0. The average Bonchev–Trinajstić information content (AvgIpc) is 2.46. The lowest BCUT2D eigenvalue weighted by Crippen LogP contribution is -2.51. The molecule has 1 heterocycles. The van der Waals surface area contributed by atoms with Crippen LogP contribution in [-0.4, -0.2) is 49.8 Å². The van der Waals surface area contributed by atoms with E-state index in [-0.39, 0.29) is 6.04 Å². The summed E-state index contributed by atoms with van der Waals surface area (Å²) >= 11 is 0. The third kappa shape index (κ3) is 3.26. The van der Waals surface area contributed by atoms with Crippen molar-refractivity contribution >= 4 is 10.0 Å². The molecule has 21 heavy (non-hydrogen) atoms. The van der Waals surface area contributed by atoms with Crippen LogP contribution in [0, 0.1) is 25.2 Å². The molecule has 1 atom stereocenters. The molecule has 0 unspecified atom stereocenters. The SMILES string of the molecule is Cc1ccc(S(=O)(=O)N2CCN([C@@H](C)C#N)CC2)c(C)c1. The molecule has 0 saturated carbocycles. The fourth-order valence-electron chi connectivity index (χ4n) is 2.64. The lowest BCUT2D eigenvalue weighted by molar-refractivity contribution is 0.169. The van der Waals surface area contributed by atoms with E-state index in [1.54, 1.807) is 6.07 Å². The fourth-order valence-corrected chi connectivity index (χ4v) is 4.27. The van der Waals surface area contributed by atoms with Gasteiger partial charge in [-0.25, -0.2) is 8.42 Å². The maximum absolute atomic E-state index is 12.7. The first-order valence-corrected chi connectivity index (χ1v) is 8.51. The molecule has 0 amide bonds. The first-order chi connectivity index (χ1) is 9.86. The first kappa shape index (κ1) is 16.0. The van der Waals surface area contributed by atoms with Crippen LogP contribution in [0.5, 0.6) is 0 Å². The van der Waals surface area contributed by atoms with Crippen LogP contribution in [0.1, 0.15) is 18.1 Å². The van der Waals surface area contributed by atoms with Crippen molar-refractivity contribution < 1.29 is 8.42 Å². The third-order valence-electron chi connectivity index (χ3n) is 3.96. The Morgan fingerprint density at radius 3 is 2.33 bits per heavy atom. The fraction of sp³-hybridized carbons (Fsp3) is 0.533. The number of aryl methyl sites for hydroxylation is 2. The van der Waals surface area contributed by atoms with Gasteiger partial charge in [0.25, 0.3) is 0 Å². The molecule has 0 spiro atoms. The molecule has 1 aromatic rings. The van der Waals surface area contributed by atoms with Crippen molar-refractivity contribution in [2.75, 3.05) is 26.2 Å². The summed E-state index contributed by atoms with van der Waals surface area (Å²) in [6, 6.07) is 7.42. The minimum Gasteiger partial charge on any atom is -0.286 e. The van der Waals surface area contributed by atoms with E-state index < -0.39 is 10.0 Å². The molecule has 2 rings (SSSR count). The van der Waals surface area contributed by atoms with Crippen molar-refractivity contribution in [3.05, 3.63) is 29.3 Å². The highest BCUT2D eigenvalue weighted by atomic mass is 32.2. The van der Waals surface area contributed by atoms with Crippen LogP contribution in [0.15, 0.2) is 23.1 Å². The van der Waals surface area contributed by atoms with Gasteiger partial charge in [0.05, 0.1) is 17.0 Å². The maximum atomic E-state index is 12.7. The van der Waals surface area contributed by atoms with E-state index in [0.29, 0.717) is 31.1 Å². The van der Waals surface area contributed by atoms with Crippen LogP contribution in [0.2, 0.25) is 0 Å². The van der Waals surface area contributed by atoms with Crippen LogP contribution in [0.3, 0.4) is 0 Å². The van der Waals surface area contributed by atoms with E-state index in [2.05, 4.69) is 6.07 Å². The van der Waals surface area contributed by atoms with Crippen molar-refractivity contribution in [2.45, 2.75) is 31.7 Å². The lowest BCUT2D eigenvalue weighted by atomic mass is 10.2. The molecule has 114 valence electrons. The number of hydrogen-bond donors (Lipinski definition) is 0. The summed E-state index contributed by atoms with van der Waals surface area (Å²) in [6.07, 6.45) is 0. The Bertz CT molecular complexity index is 656. The molecule has 0 bridgehead atoms. The molecule has 1 saturated heterocycles. The number of nitrogens with zero attached hydrogens (tertiary/aromatic N) is 3. The van der Waals surface area contributed by atoms with Gasteiger partial charge in [0.15, 0.2) is 0 Å². The molecule has 0 aromatic heterocycles. The Kier molecular flexibility index (Phi) is 4.67. The summed E-state index contributed by atoms with van der Waals surface area (Å²) in [5, 5.41) is 8.93. The number of sulfonamides is 1. The Labute approximate surface area is 126 Å². The predicted molar refractivity (Wildman–Crippen MR) is 81.3 cm³/mol. The van der Waals surface area contributed by atoms with E-state index in [1.165, 1.54) is 4.31 Å². The summed E-state index contributed by atoms with van der Waals surface area (Å²) in [7, 11) is -3.44. The number of benzene rings is 1. The molecular weight excluding hydrogens is 286 g/mol. The van der Waals surface area contributed by atoms with Gasteiger partial charge in [-0.3, -0.25) is 4.90 Å². The lowest BCUT2D eigenvalue weighted by Gasteiger charge is -2.35. The molecule has 1 fully saturated rings. The van der Waals surface area contributed by atoms with Crippen molar-refractivity contribution in [1.29, 1.82) is 5.26 Å². The summed E-state index contributed by atoms with van der Waals surface area (Å²) in [5.41, 5.74) is 1.84. The van der Waals surface area contributed by atoms with Crippen molar-refractivity contribution in [3.63, 3.8) is 0 Å². The van der Waals surface area contributed by atoms with Crippen LogP contribution < -0.4 is 0 Å². The van der Waals surface area contributed by atoms with Crippen LogP contribution >= 0.6 is 0 Å². The molecule has 1 aromatic carbocycles. The van der Waals surface area contributed by atoms with Crippen LogP contribution in [0.25, 0.3) is 0 Å². The number of piperazine rings is 1. The molecule has 0 N–H and O–H groups in total. The average molecular weight is 307 g/mol. The van der Waals surface area contributed by atoms with E-state index in [9.17, 15) is 8.42 Å². The van der Waals surface area contributed by atoms with E-state index in [0.717, 1.165) is 11.1 Å². The van der Waals surface area contributed by atoms with Crippen molar-refractivity contribution in [3.8, 4) is 6.07 Å². The zero-order chi connectivity index (χ0) is 15.6. The molecular formula is C15H21N3O2S. The highest BCUT2D eigenvalue weighted by Gasteiger charge is 2.30. The topological polar surface area (TPSA) is 64.4 Å². The van der Waals surface area contributed by atoms with Gasteiger partial charge in [0.2, 0.25) is 10.0 Å². The third-order valence-corrected chi connectivity index (χ3v) is 6.01. The van der Waals surface area contributed by atoms with Gasteiger partial charge in [0.1, 0.15) is 0 Å². The molecule has 1 aliphatic heterocycles. The minimum atomic E-state index is -3.44. The second-order valence-corrected chi connectivity index (χ2v) is 7.42. The molecule has 0 aliphatic carbocycles. The molecule has 0 radical (unpaired) electrons. The second kappa shape index (κ2) is 6.14. The van der Waals surface area contributed by atoms with Crippen molar-refractivity contribution in [1.82, 2.24) is 9.21 Å². The van der Waals surface area contributed by atoms with Crippen LogP contribution in [-0.2, 0) is 10.0 Å². The second-order valence-electron chi connectivity index (χ2n) is 5.51. The summed E-state index contributed by atoms with van der Waals surface area (Å²) in [4.78, 5) is 2.39. The highest BCUT2D eigenvalue weighted by Crippen LogP contribution is 2.22. The maximum Gasteiger partial charge on any atom is 0.243 e. The first-order valence-electron chi connectivity index (χ1n) is 7.07. The number of nitriles is 1. The van der Waals surface area contributed by atoms with Gasteiger partial charge >= 0.3 is 0 Å². The van der Waals surface area contributed by atoms with Crippen molar-refractivity contribution in [2.24, 2.45) is 0 Å². The van der Waals surface area contributed by atoms with E-state index in [4.69, 9.17) is 5.26 Å². The standard InChI is InChI=1S/C15H21N3O2S/c1-12-4-5-15(13(2)10-12)21(19,20)18-8-6-17(7-9-18)14(3)11-16/h4-5,10,14H,6-9H2,1-3H3/t14-/m0/s1. The van der Waals surface area contributed by atoms with E-state index >= 15 is 0 Å². The highest BCUT2D eigenvalue weighted by molar-refractivity contribution is 7.89. The van der Waals surface area contributed by atoms with Gasteiger partial charge in [-0.15, -0.1) is 0 Å². The Balaban J connectivity index is 2.17. The zero-order valence-electron chi connectivity index (χ0n) is 12.7. The Hall–Kier alpha value is -1.42. The van der Waals surface area contributed by atoms with Gasteiger partial charge in [-0.2, -0.15) is 9.57 Å². The predicted octanol–water partition coefficient (Wildman–Crippen LogP) is 1.52. The largest absolute Gasteiger partial charge is 0.286 e. The van der Waals surface area contributed by atoms with Gasteiger partial charge in [-0.1, -0.05) is 17.7 Å².